The molecule has 122 valence electrons. The number of unbranched alkanes of at least 4 members (excludes halogenated alkanes) is 2. The van der Waals surface area contributed by atoms with Gasteiger partial charge in [-0.05, 0) is 43.2 Å². The second kappa shape index (κ2) is 8.59. The zero-order valence-corrected chi connectivity index (χ0v) is 14.3. The first-order chi connectivity index (χ1) is 11.1. The van der Waals surface area contributed by atoms with E-state index in [1.165, 1.54) is 0 Å². The normalized spacial score (nSPS) is 10.4. The van der Waals surface area contributed by atoms with Gasteiger partial charge in [0.05, 0.1) is 12.2 Å². The Labute approximate surface area is 142 Å². The van der Waals surface area contributed by atoms with Gasteiger partial charge in [-0.15, -0.1) is 0 Å². The molecule has 1 N–H and O–H groups in total. The van der Waals surface area contributed by atoms with Gasteiger partial charge in [0.1, 0.15) is 5.75 Å². The number of anilines is 1. The summed E-state index contributed by atoms with van der Waals surface area (Å²) >= 11 is 6.10. The largest absolute Gasteiger partial charge is 0.493 e. The maximum Gasteiger partial charge on any atom is 0.259 e. The Balaban J connectivity index is 2.07. The highest BCUT2D eigenvalue weighted by Gasteiger charge is 2.12. The molecule has 2 aromatic carbocycles. The second-order valence-corrected chi connectivity index (χ2v) is 5.88. The van der Waals surface area contributed by atoms with Crippen LogP contribution in [-0.4, -0.2) is 12.5 Å². The number of carbonyl (C=O) groups excluding carboxylic acids is 1. The summed E-state index contributed by atoms with van der Waals surface area (Å²) in [4.78, 5) is 12.5. The van der Waals surface area contributed by atoms with Crippen LogP contribution in [0.15, 0.2) is 42.5 Å². The molecule has 0 radical (unpaired) electrons. The lowest BCUT2D eigenvalue weighted by molar-refractivity contribution is 0.102. The van der Waals surface area contributed by atoms with Crippen molar-refractivity contribution in [1.82, 2.24) is 0 Å². The van der Waals surface area contributed by atoms with E-state index in [2.05, 4.69) is 12.2 Å². The third-order valence-electron chi connectivity index (χ3n) is 3.57. The van der Waals surface area contributed by atoms with Crippen molar-refractivity contribution in [2.75, 3.05) is 11.9 Å². The van der Waals surface area contributed by atoms with Crippen LogP contribution >= 0.6 is 11.6 Å². The van der Waals surface area contributed by atoms with E-state index in [1.807, 2.05) is 37.3 Å². The van der Waals surface area contributed by atoms with Crippen LogP contribution in [0.2, 0.25) is 5.02 Å². The molecule has 0 fully saturated rings. The van der Waals surface area contributed by atoms with E-state index in [0.29, 0.717) is 28.6 Å². The van der Waals surface area contributed by atoms with Gasteiger partial charge in [0, 0.05) is 10.7 Å². The SMILES string of the molecule is CCCCCOc1ccccc1C(=O)Nc1ccc(C)c(Cl)c1. The fraction of sp³-hybridized carbons (Fsp3) is 0.316. The number of amides is 1. The molecule has 2 aromatic rings. The summed E-state index contributed by atoms with van der Waals surface area (Å²) in [5.41, 5.74) is 2.18. The van der Waals surface area contributed by atoms with Crippen molar-refractivity contribution in [2.24, 2.45) is 0 Å². The zero-order valence-electron chi connectivity index (χ0n) is 13.6. The molecule has 0 bridgehead atoms. The van der Waals surface area contributed by atoms with Crippen molar-refractivity contribution in [3.05, 3.63) is 58.6 Å². The fourth-order valence-electron chi connectivity index (χ4n) is 2.18. The average Bonchev–Trinajstić information content (AvgIpc) is 2.55. The molecule has 0 atom stereocenters. The summed E-state index contributed by atoms with van der Waals surface area (Å²) in [6, 6.07) is 12.8. The molecular formula is C19H22ClNO2. The summed E-state index contributed by atoms with van der Waals surface area (Å²) in [5.74, 6) is 0.412. The van der Waals surface area contributed by atoms with E-state index in [9.17, 15) is 4.79 Å². The van der Waals surface area contributed by atoms with E-state index in [4.69, 9.17) is 16.3 Å². The summed E-state index contributed by atoms with van der Waals surface area (Å²) < 4.78 is 5.75. The van der Waals surface area contributed by atoms with Crippen LogP contribution in [0.25, 0.3) is 0 Å². The molecule has 0 aliphatic rings. The minimum atomic E-state index is -0.198. The Morgan fingerprint density at radius 1 is 1.17 bits per heavy atom. The first-order valence-corrected chi connectivity index (χ1v) is 8.29. The first kappa shape index (κ1) is 17.4. The van der Waals surface area contributed by atoms with E-state index in [0.717, 1.165) is 24.8 Å². The predicted molar refractivity (Wildman–Crippen MR) is 95.6 cm³/mol. The van der Waals surface area contributed by atoms with Crippen LogP contribution in [0.4, 0.5) is 5.69 Å². The van der Waals surface area contributed by atoms with Crippen molar-refractivity contribution in [3.8, 4) is 5.75 Å². The van der Waals surface area contributed by atoms with Crippen molar-refractivity contribution >= 4 is 23.2 Å². The van der Waals surface area contributed by atoms with Crippen LogP contribution in [0.3, 0.4) is 0 Å². The molecule has 0 saturated heterocycles. The third kappa shape index (κ3) is 5.00. The summed E-state index contributed by atoms with van der Waals surface area (Å²) in [6.45, 7) is 4.69. The molecule has 0 spiro atoms. The smallest absolute Gasteiger partial charge is 0.259 e. The number of halogens is 1. The molecule has 4 heteroatoms. The fourth-order valence-corrected chi connectivity index (χ4v) is 2.36. The van der Waals surface area contributed by atoms with Crippen molar-refractivity contribution < 1.29 is 9.53 Å². The number of benzene rings is 2. The quantitative estimate of drug-likeness (QED) is 0.683. The lowest BCUT2D eigenvalue weighted by Gasteiger charge is -2.12. The van der Waals surface area contributed by atoms with E-state index < -0.39 is 0 Å². The number of carbonyl (C=O) groups is 1. The molecule has 0 aliphatic carbocycles. The van der Waals surface area contributed by atoms with Gasteiger partial charge in [-0.25, -0.2) is 0 Å². The summed E-state index contributed by atoms with van der Waals surface area (Å²) in [6.07, 6.45) is 3.25. The van der Waals surface area contributed by atoms with Gasteiger partial charge in [0.25, 0.3) is 5.91 Å². The number of para-hydroxylation sites is 1. The van der Waals surface area contributed by atoms with Crippen LogP contribution in [-0.2, 0) is 0 Å². The van der Waals surface area contributed by atoms with Crippen LogP contribution in [0.1, 0.15) is 42.1 Å². The molecule has 0 aliphatic heterocycles. The number of aryl methyl sites for hydroxylation is 1. The van der Waals surface area contributed by atoms with Crippen molar-refractivity contribution in [1.29, 1.82) is 0 Å². The van der Waals surface area contributed by atoms with Crippen LogP contribution in [0.5, 0.6) is 5.75 Å². The lowest BCUT2D eigenvalue weighted by Crippen LogP contribution is -2.14. The second-order valence-electron chi connectivity index (χ2n) is 5.47. The Hall–Kier alpha value is -2.00. The molecule has 0 aromatic heterocycles. The predicted octanol–water partition coefficient (Wildman–Crippen LogP) is 5.47. The van der Waals surface area contributed by atoms with Crippen LogP contribution in [0, 0.1) is 6.92 Å². The number of ether oxygens (including phenoxy) is 1. The minimum Gasteiger partial charge on any atom is -0.493 e. The molecular weight excluding hydrogens is 310 g/mol. The Morgan fingerprint density at radius 3 is 2.70 bits per heavy atom. The van der Waals surface area contributed by atoms with Gasteiger partial charge in [-0.3, -0.25) is 4.79 Å². The van der Waals surface area contributed by atoms with E-state index >= 15 is 0 Å². The lowest BCUT2D eigenvalue weighted by atomic mass is 10.1. The topological polar surface area (TPSA) is 38.3 Å². The van der Waals surface area contributed by atoms with Crippen molar-refractivity contribution in [3.63, 3.8) is 0 Å². The number of hydrogen-bond donors (Lipinski definition) is 1. The standard InChI is InChI=1S/C19H22ClNO2/c1-3-4-7-12-23-18-9-6-5-8-16(18)19(22)21-15-11-10-14(2)17(20)13-15/h5-6,8-11,13H,3-4,7,12H2,1-2H3,(H,21,22). The summed E-state index contributed by atoms with van der Waals surface area (Å²) in [5, 5.41) is 3.50. The first-order valence-electron chi connectivity index (χ1n) is 7.91. The number of nitrogens with one attached hydrogen (secondary N) is 1. The maximum absolute atomic E-state index is 12.5. The maximum atomic E-state index is 12.5. The van der Waals surface area contributed by atoms with Gasteiger partial charge in [0.2, 0.25) is 0 Å². The minimum absolute atomic E-state index is 0.198. The Morgan fingerprint density at radius 2 is 1.96 bits per heavy atom. The highest BCUT2D eigenvalue weighted by Crippen LogP contribution is 2.23. The molecule has 3 nitrogen and oxygen atoms in total. The molecule has 23 heavy (non-hydrogen) atoms. The third-order valence-corrected chi connectivity index (χ3v) is 3.97. The van der Waals surface area contributed by atoms with E-state index in [-0.39, 0.29) is 5.91 Å². The molecule has 0 heterocycles. The van der Waals surface area contributed by atoms with Gasteiger partial charge in [-0.1, -0.05) is 49.6 Å². The molecule has 0 saturated carbocycles. The van der Waals surface area contributed by atoms with Gasteiger partial charge >= 0.3 is 0 Å². The van der Waals surface area contributed by atoms with E-state index in [1.54, 1.807) is 12.1 Å². The molecule has 2 rings (SSSR count). The monoisotopic (exact) mass is 331 g/mol. The van der Waals surface area contributed by atoms with Crippen molar-refractivity contribution in [2.45, 2.75) is 33.1 Å². The number of hydrogen-bond acceptors (Lipinski definition) is 2. The zero-order chi connectivity index (χ0) is 16.7. The van der Waals surface area contributed by atoms with Gasteiger partial charge in [-0.2, -0.15) is 0 Å². The number of rotatable bonds is 7. The average molecular weight is 332 g/mol. The highest BCUT2D eigenvalue weighted by atomic mass is 35.5. The Bertz CT molecular complexity index is 670. The van der Waals surface area contributed by atoms with Gasteiger partial charge in [0.15, 0.2) is 0 Å². The summed E-state index contributed by atoms with van der Waals surface area (Å²) in [7, 11) is 0. The Kier molecular flexibility index (Phi) is 6.48. The highest BCUT2D eigenvalue weighted by molar-refractivity contribution is 6.31. The molecule has 0 unspecified atom stereocenters. The van der Waals surface area contributed by atoms with Crippen LogP contribution < -0.4 is 10.1 Å². The van der Waals surface area contributed by atoms with Gasteiger partial charge < -0.3 is 10.1 Å². The molecule has 1 amide bonds.